The fourth-order valence-corrected chi connectivity index (χ4v) is 1.68. The van der Waals surface area contributed by atoms with Gasteiger partial charge in [-0.05, 0) is 19.4 Å². The van der Waals surface area contributed by atoms with Crippen molar-refractivity contribution in [3.05, 3.63) is 23.8 Å². The Bertz CT molecular complexity index is 368. The molecule has 19 heavy (non-hydrogen) atoms. The van der Waals surface area contributed by atoms with Gasteiger partial charge >= 0.3 is 0 Å². The highest BCUT2D eigenvalue weighted by Crippen LogP contribution is 2.32. The normalized spacial score (nSPS) is 12.2. The topological polar surface area (TPSA) is 39.7 Å². The molecule has 0 radical (unpaired) electrons. The van der Waals surface area contributed by atoms with Crippen LogP contribution in [-0.2, 0) is 11.3 Å². The van der Waals surface area contributed by atoms with Gasteiger partial charge in [-0.25, -0.2) is 0 Å². The number of hydrogen-bond acceptors (Lipinski definition) is 4. The Kier molecular flexibility index (Phi) is 7.30. The Labute approximate surface area is 116 Å². The minimum absolute atomic E-state index is 0.175. The molecule has 1 atom stereocenters. The maximum absolute atomic E-state index is 5.98. The van der Waals surface area contributed by atoms with E-state index in [1.165, 1.54) is 0 Å². The lowest BCUT2D eigenvalue weighted by atomic mass is 10.1. The second-order valence-corrected chi connectivity index (χ2v) is 4.45. The lowest BCUT2D eigenvalue weighted by molar-refractivity contribution is 0.196. The second kappa shape index (κ2) is 8.77. The number of methoxy groups -OCH3 is 2. The third-order valence-corrected chi connectivity index (χ3v) is 2.97. The average Bonchev–Trinajstić information content (AvgIpc) is 2.44. The number of nitrogens with one attached hydrogen (secondary N) is 1. The van der Waals surface area contributed by atoms with Crippen molar-refractivity contribution in [3.63, 3.8) is 0 Å². The highest BCUT2D eigenvalue weighted by atomic mass is 16.5. The fraction of sp³-hybridized carbons (Fsp3) is 0.600. The third-order valence-electron chi connectivity index (χ3n) is 2.97. The first kappa shape index (κ1) is 15.8. The fourth-order valence-electron chi connectivity index (χ4n) is 1.68. The first-order valence-electron chi connectivity index (χ1n) is 6.75. The van der Waals surface area contributed by atoms with Gasteiger partial charge in [0.1, 0.15) is 0 Å². The van der Waals surface area contributed by atoms with Crippen LogP contribution < -0.4 is 14.8 Å². The predicted molar refractivity (Wildman–Crippen MR) is 77.0 cm³/mol. The molecule has 1 unspecified atom stereocenters. The molecular formula is C15H25NO3. The van der Waals surface area contributed by atoms with Crippen molar-refractivity contribution in [1.29, 1.82) is 0 Å². The maximum Gasteiger partial charge on any atom is 0.166 e. The Morgan fingerprint density at radius 2 is 2.05 bits per heavy atom. The van der Waals surface area contributed by atoms with Gasteiger partial charge in [-0.2, -0.15) is 0 Å². The summed E-state index contributed by atoms with van der Waals surface area (Å²) >= 11 is 0. The van der Waals surface area contributed by atoms with E-state index in [1.807, 2.05) is 12.1 Å². The molecule has 0 saturated heterocycles. The summed E-state index contributed by atoms with van der Waals surface area (Å²) in [5, 5.41) is 3.33. The Morgan fingerprint density at radius 3 is 2.68 bits per heavy atom. The highest BCUT2D eigenvalue weighted by Gasteiger charge is 2.12. The zero-order valence-corrected chi connectivity index (χ0v) is 12.4. The largest absolute Gasteiger partial charge is 0.493 e. The molecule has 0 amide bonds. The molecule has 4 nitrogen and oxygen atoms in total. The van der Waals surface area contributed by atoms with Gasteiger partial charge in [-0.1, -0.05) is 19.1 Å². The Hall–Kier alpha value is -1.26. The Balaban J connectivity index is 2.77. The first-order valence-corrected chi connectivity index (χ1v) is 6.75. The van der Waals surface area contributed by atoms with E-state index < -0.39 is 0 Å². The SMILES string of the molecule is CCC(C)Oc1c(CNCCOC)cccc1OC. The van der Waals surface area contributed by atoms with Crippen LogP contribution in [0.5, 0.6) is 11.5 Å². The van der Waals surface area contributed by atoms with E-state index in [0.717, 1.165) is 36.6 Å². The summed E-state index contributed by atoms with van der Waals surface area (Å²) in [6.45, 7) is 6.43. The van der Waals surface area contributed by atoms with Crippen molar-refractivity contribution in [1.82, 2.24) is 5.32 Å². The summed E-state index contributed by atoms with van der Waals surface area (Å²) in [7, 11) is 3.37. The highest BCUT2D eigenvalue weighted by molar-refractivity contribution is 5.46. The van der Waals surface area contributed by atoms with Gasteiger partial charge in [0.05, 0.1) is 19.8 Å². The molecule has 0 heterocycles. The summed E-state index contributed by atoms with van der Waals surface area (Å²) < 4.78 is 16.4. The van der Waals surface area contributed by atoms with Gasteiger partial charge in [0.25, 0.3) is 0 Å². The summed E-state index contributed by atoms with van der Waals surface area (Å²) in [6, 6.07) is 5.96. The number of hydrogen-bond donors (Lipinski definition) is 1. The molecule has 4 heteroatoms. The first-order chi connectivity index (χ1) is 9.22. The number of para-hydroxylation sites is 1. The second-order valence-electron chi connectivity index (χ2n) is 4.45. The molecule has 0 aliphatic rings. The average molecular weight is 267 g/mol. The minimum Gasteiger partial charge on any atom is -0.493 e. The van der Waals surface area contributed by atoms with Crippen LogP contribution in [0.2, 0.25) is 0 Å². The van der Waals surface area contributed by atoms with Crippen LogP contribution in [0.1, 0.15) is 25.8 Å². The van der Waals surface area contributed by atoms with Crippen LogP contribution in [-0.4, -0.2) is 33.5 Å². The van der Waals surface area contributed by atoms with Gasteiger partial charge in [-0.15, -0.1) is 0 Å². The molecule has 0 aliphatic carbocycles. The van der Waals surface area contributed by atoms with Crippen LogP contribution >= 0.6 is 0 Å². The molecule has 1 rings (SSSR count). The minimum atomic E-state index is 0.175. The molecule has 1 aromatic rings. The zero-order valence-electron chi connectivity index (χ0n) is 12.4. The maximum atomic E-state index is 5.98. The zero-order chi connectivity index (χ0) is 14.1. The number of benzene rings is 1. The molecule has 0 fully saturated rings. The van der Waals surface area contributed by atoms with Crippen molar-refractivity contribution in [2.45, 2.75) is 32.9 Å². The van der Waals surface area contributed by atoms with E-state index in [2.05, 4.69) is 25.2 Å². The van der Waals surface area contributed by atoms with Crippen molar-refractivity contribution < 1.29 is 14.2 Å². The van der Waals surface area contributed by atoms with Crippen molar-refractivity contribution >= 4 is 0 Å². The van der Waals surface area contributed by atoms with E-state index in [1.54, 1.807) is 14.2 Å². The molecule has 0 saturated carbocycles. The lowest BCUT2D eigenvalue weighted by Gasteiger charge is -2.19. The van der Waals surface area contributed by atoms with Gasteiger partial charge in [0, 0.05) is 25.8 Å². The third kappa shape index (κ3) is 5.09. The van der Waals surface area contributed by atoms with E-state index in [4.69, 9.17) is 14.2 Å². The van der Waals surface area contributed by atoms with Crippen LogP contribution in [0.4, 0.5) is 0 Å². The molecule has 1 N–H and O–H groups in total. The van der Waals surface area contributed by atoms with Crippen molar-refractivity contribution in [2.24, 2.45) is 0 Å². The summed E-state index contributed by atoms with van der Waals surface area (Å²) in [6.07, 6.45) is 1.14. The van der Waals surface area contributed by atoms with Crippen LogP contribution in [0.25, 0.3) is 0 Å². The smallest absolute Gasteiger partial charge is 0.166 e. The Morgan fingerprint density at radius 1 is 1.26 bits per heavy atom. The molecule has 0 aromatic heterocycles. The molecule has 1 aromatic carbocycles. The van der Waals surface area contributed by atoms with Crippen LogP contribution in [0.15, 0.2) is 18.2 Å². The van der Waals surface area contributed by atoms with Gasteiger partial charge in [0.2, 0.25) is 0 Å². The monoisotopic (exact) mass is 267 g/mol. The van der Waals surface area contributed by atoms with Gasteiger partial charge in [-0.3, -0.25) is 0 Å². The van der Waals surface area contributed by atoms with Gasteiger partial charge < -0.3 is 19.5 Å². The van der Waals surface area contributed by atoms with Gasteiger partial charge in [0.15, 0.2) is 11.5 Å². The molecule has 108 valence electrons. The van der Waals surface area contributed by atoms with E-state index in [-0.39, 0.29) is 6.10 Å². The molecule has 0 aliphatic heterocycles. The summed E-state index contributed by atoms with van der Waals surface area (Å²) in [5.41, 5.74) is 1.11. The molecule has 0 bridgehead atoms. The van der Waals surface area contributed by atoms with Crippen LogP contribution in [0, 0.1) is 0 Å². The molecular weight excluding hydrogens is 242 g/mol. The number of ether oxygens (including phenoxy) is 3. The lowest BCUT2D eigenvalue weighted by Crippen LogP contribution is -2.20. The summed E-state index contributed by atoms with van der Waals surface area (Å²) in [4.78, 5) is 0. The molecule has 0 spiro atoms. The van der Waals surface area contributed by atoms with E-state index in [0.29, 0.717) is 6.61 Å². The van der Waals surface area contributed by atoms with Crippen molar-refractivity contribution in [3.8, 4) is 11.5 Å². The quantitative estimate of drug-likeness (QED) is 0.698. The summed E-state index contributed by atoms with van der Waals surface area (Å²) in [5.74, 6) is 1.62. The van der Waals surface area contributed by atoms with Crippen LogP contribution in [0.3, 0.4) is 0 Å². The van der Waals surface area contributed by atoms with E-state index in [9.17, 15) is 0 Å². The van der Waals surface area contributed by atoms with E-state index >= 15 is 0 Å². The van der Waals surface area contributed by atoms with Crippen molar-refractivity contribution in [2.75, 3.05) is 27.4 Å². The number of rotatable bonds is 9. The standard InChI is InChI=1S/C15H25NO3/c1-5-12(2)19-15-13(11-16-9-10-17-3)7-6-8-14(15)18-4/h6-8,12,16H,5,9-11H2,1-4H3. The predicted octanol–water partition coefficient (Wildman–Crippen LogP) is 2.61.